The van der Waals surface area contributed by atoms with Crippen molar-refractivity contribution in [1.82, 2.24) is 0 Å². The summed E-state index contributed by atoms with van der Waals surface area (Å²) in [6, 6.07) is 0. The van der Waals surface area contributed by atoms with Gasteiger partial charge < -0.3 is 5.11 Å². The maximum atomic E-state index is 8.58. The van der Waals surface area contributed by atoms with E-state index in [9.17, 15) is 0 Å². The Balaban J connectivity index is 3.40. The lowest BCUT2D eigenvalue weighted by molar-refractivity contribution is -0.267. The Morgan fingerprint density at radius 3 is 3.00 bits per heavy atom. The predicted octanol–water partition coefficient (Wildman–Crippen LogP) is -0.581. The molecule has 0 spiro atoms. The largest absolute Gasteiger partial charge is 0.459 e. The second-order valence-electron chi connectivity index (χ2n) is 0.941. The van der Waals surface area contributed by atoms with Gasteiger partial charge in [0.15, 0.2) is 0 Å². The molecule has 0 unspecified atom stereocenters. The smallest absolute Gasteiger partial charge is 0.372 e. The van der Waals surface area contributed by atoms with E-state index < -0.39 is 0 Å². The van der Waals surface area contributed by atoms with Gasteiger partial charge in [0.05, 0.1) is 7.11 Å². The maximum absolute atomic E-state index is 8.58. The fourth-order valence-electron chi connectivity index (χ4n) is 0.126. The van der Waals surface area contributed by atoms with E-state index in [1.165, 1.54) is 13.2 Å². The molecule has 0 aliphatic heterocycles. The Kier molecular flexibility index (Phi) is 4.39. The summed E-state index contributed by atoms with van der Waals surface area (Å²) in [5.41, 5.74) is 0. The minimum Gasteiger partial charge on any atom is -0.459 e. The molecule has 0 heterocycles. The quantitative estimate of drug-likeness (QED) is 0.235. The maximum Gasteiger partial charge on any atom is 0.372 e. The van der Waals surface area contributed by atoms with E-state index in [1.54, 1.807) is 0 Å². The van der Waals surface area contributed by atoms with Crippen LogP contribution in [0.5, 0.6) is 0 Å². The molecule has 0 bridgehead atoms. The van der Waals surface area contributed by atoms with Gasteiger partial charge in [0.2, 0.25) is 0 Å². The molecule has 0 aliphatic carbocycles. The third-order valence-corrected chi connectivity index (χ3v) is 0.882. The highest BCUT2D eigenvalue weighted by molar-refractivity contribution is 7.87. The van der Waals surface area contributed by atoms with Gasteiger partial charge in [-0.05, 0) is 0 Å². The van der Waals surface area contributed by atoms with Crippen molar-refractivity contribution in [2.75, 3.05) is 7.11 Å². The molecule has 0 atom stereocenters. The van der Waals surface area contributed by atoms with E-state index in [0.717, 1.165) is 12.2 Å². The van der Waals surface area contributed by atoms with Crippen molar-refractivity contribution in [2.45, 2.75) is 0 Å². The molecule has 0 amide bonds. The van der Waals surface area contributed by atoms with E-state index in [4.69, 9.17) is 5.11 Å². The summed E-state index contributed by atoms with van der Waals surface area (Å²) >= 11 is 0.932. The number of aliphatic hydroxyl groups is 1. The van der Waals surface area contributed by atoms with E-state index in [-0.39, 0.29) is 5.90 Å². The molecule has 0 saturated carbocycles. The molecule has 0 radical (unpaired) electrons. The van der Waals surface area contributed by atoms with Crippen LogP contribution in [-0.2, 0) is 4.18 Å². The Morgan fingerprint density at radius 1 is 2.00 bits per heavy atom. The molecule has 0 aromatic heterocycles. The minimum absolute atomic E-state index is 0.00292. The van der Waals surface area contributed by atoms with E-state index in [1.807, 2.05) is 0 Å². The highest BCUT2D eigenvalue weighted by Gasteiger charge is 1.92. The molecule has 8 heavy (non-hydrogen) atoms. The van der Waals surface area contributed by atoms with Crippen molar-refractivity contribution >= 4 is 18.1 Å². The second-order valence-corrected chi connectivity index (χ2v) is 1.65. The van der Waals surface area contributed by atoms with Crippen LogP contribution in [0, 0.1) is 0 Å². The van der Waals surface area contributed by atoms with Crippen molar-refractivity contribution in [3.8, 4) is 0 Å². The molecule has 0 aromatic rings. The van der Waals surface area contributed by atoms with Crippen molar-refractivity contribution in [1.29, 1.82) is 0 Å². The molecule has 0 aliphatic rings. The van der Waals surface area contributed by atoms with Crippen LogP contribution in [-0.4, -0.2) is 18.1 Å². The summed E-state index contributed by atoms with van der Waals surface area (Å²) in [6.07, 6.45) is 1.28. The lowest BCUT2D eigenvalue weighted by Gasteiger charge is -1.76. The summed E-state index contributed by atoms with van der Waals surface area (Å²) in [6.45, 7) is 3.30. The standard InChI is InChI=1S/C4H7NO2S/c1-3-4(6)5-8-7-2/h3H,1H2,2H3,(H,5,6)/p+1. The first-order valence-corrected chi connectivity index (χ1v) is 2.69. The fourth-order valence-corrected chi connectivity index (χ4v) is 0.378. The highest BCUT2D eigenvalue weighted by atomic mass is 32.2. The van der Waals surface area contributed by atoms with Crippen LogP contribution >= 0.6 is 12.2 Å². The molecule has 2 N–H and O–H groups in total. The van der Waals surface area contributed by atoms with Crippen LogP contribution in [0.15, 0.2) is 12.7 Å². The first kappa shape index (κ1) is 7.52. The normalized spacial score (nSPS) is 11.4. The Bertz CT molecular complexity index is 102. The number of hydrogen-bond acceptors (Lipinski definition) is 2. The van der Waals surface area contributed by atoms with Crippen LogP contribution < -0.4 is 4.40 Å². The molecular formula is C4H8NO2S+. The van der Waals surface area contributed by atoms with Gasteiger partial charge in [-0.2, -0.15) is 0 Å². The molecule has 4 heteroatoms. The summed E-state index contributed by atoms with van der Waals surface area (Å²) in [4.78, 5) is 0. The number of nitrogens with one attached hydrogen (secondary N) is 1. The summed E-state index contributed by atoms with van der Waals surface area (Å²) < 4.78 is 6.92. The third kappa shape index (κ3) is 3.70. The monoisotopic (exact) mass is 134 g/mol. The van der Waals surface area contributed by atoms with Crippen molar-refractivity contribution in [3.05, 3.63) is 12.7 Å². The van der Waals surface area contributed by atoms with E-state index in [2.05, 4.69) is 15.2 Å². The van der Waals surface area contributed by atoms with E-state index >= 15 is 0 Å². The third-order valence-electron chi connectivity index (χ3n) is 0.423. The van der Waals surface area contributed by atoms with Crippen molar-refractivity contribution < 1.29 is 13.7 Å². The Labute approximate surface area is 52.4 Å². The van der Waals surface area contributed by atoms with Gasteiger partial charge in [0, 0.05) is 6.08 Å². The molecule has 46 valence electrons. The van der Waals surface area contributed by atoms with Gasteiger partial charge in [-0.25, -0.2) is 0 Å². The number of aliphatic hydroxyl groups excluding tert-OH is 1. The van der Waals surface area contributed by atoms with Crippen LogP contribution in [0.4, 0.5) is 0 Å². The van der Waals surface area contributed by atoms with Crippen LogP contribution in [0.2, 0.25) is 0 Å². The molecule has 0 fully saturated rings. The SMILES string of the molecule is C=C/C(O)=[NH+]\SOC. The van der Waals surface area contributed by atoms with Gasteiger partial charge in [-0.3, -0.25) is 4.18 Å². The van der Waals surface area contributed by atoms with Gasteiger partial charge in [0.1, 0.15) is 0 Å². The molecule has 0 saturated heterocycles. The zero-order valence-electron chi connectivity index (χ0n) is 4.55. The lowest BCUT2D eigenvalue weighted by Crippen LogP contribution is -2.63. The summed E-state index contributed by atoms with van der Waals surface area (Å²) in [7, 11) is 1.49. The molecular weight excluding hydrogens is 126 g/mol. The second kappa shape index (κ2) is 4.67. The average Bonchev–Trinajstić information content (AvgIpc) is 1.83. The van der Waals surface area contributed by atoms with E-state index in [0.29, 0.717) is 0 Å². The zero-order chi connectivity index (χ0) is 6.41. The zero-order valence-corrected chi connectivity index (χ0v) is 5.36. The summed E-state index contributed by atoms with van der Waals surface area (Å²) in [5, 5.41) is 8.58. The van der Waals surface area contributed by atoms with Gasteiger partial charge in [0.25, 0.3) is 0 Å². The molecule has 0 aromatic carbocycles. The topological polar surface area (TPSA) is 43.4 Å². The molecule has 3 nitrogen and oxygen atoms in total. The Hall–Kier alpha value is -0.480. The minimum atomic E-state index is -0.00292. The summed E-state index contributed by atoms with van der Waals surface area (Å²) in [5.74, 6) is -0.00292. The average molecular weight is 134 g/mol. The number of hydrogen-bond donors (Lipinski definition) is 2. The van der Waals surface area contributed by atoms with Crippen LogP contribution in [0.3, 0.4) is 0 Å². The first-order valence-electron chi connectivity index (χ1n) is 1.95. The van der Waals surface area contributed by atoms with Crippen molar-refractivity contribution in [2.24, 2.45) is 0 Å². The predicted molar refractivity (Wildman–Crippen MR) is 33.4 cm³/mol. The highest BCUT2D eigenvalue weighted by Crippen LogP contribution is 1.75. The van der Waals surface area contributed by atoms with Crippen LogP contribution in [0.1, 0.15) is 0 Å². The number of rotatable bonds is 3. The lowest BCUT2D eigenvalue weighted by atomic mass is 10.7. The van der Waals surface area contributed by atoms with Gasteiger partial charge in [-0.15, -0.1) is 4.40 Å². The van der Waals surface area contributed by atoms with Crippen molar-refractivity contribution in [3.63, 3.8) is 0 Å². The fraction of sp³-hybridized carbons (Fsp3) is 0.250. The van der Waals surface area contributed by atoms with Gasteiger partial charge >= 0.3 is 18.1 Å². The Morgan fingerprint density at radius 2 is 2.62 bits per heavy atom. The van der Waals surface area contributed by atoms with Gasteiger partial charge in [-0.1, -0.05) is 6.58 Å². The first-order chi connectivity index (χ1) is 3.81. The molecule has 0 rings (SSSR count). The van der Waals surface area contributed by atoms with Crippen LogP contribution in [0.25, 0.3) is 0 Å².